The van der Waals surface area contributed by atoms with E-state index in [-0.39, 0.29) is 10.5 Å². The Kier molecular flexibility index (Phi) is 3.48. The van der Waals surface area contributed by atoms with Crippen LogP contribution in [-0.2, 0) is 0 Å². The molecule has 0 aliphatic carbocycles. The van der Waals surface area contributed by atoms with E-state index >= 15 is 0 Å². The Labute approximate surface area is 67.4 Å². The van der Waals surface area contributed by atoms with Crippen LogP contribution in [0.3, 0.4) is 0 Å². The smallest absolute Gasteiger partial charge is 0.128 e. The maximum Gasteiger partial charge on any atom is 0.128 e. The third kappa shape index (κ3) is 5.82. The molecule has 0 aromatic carbocycles. The summed E-state index contributed by atoms with van der Waals surface area (Å²) in [6.45, 7) is 3.54. The molecule has 4 heteroatoms. The predicted molar refractivity (Wildman–Crippen MR) is 41.8 cm³/mol. The van der Waals surface area contributed by atoms with E-state index in [0.717, 1.165) is 0 Å². The number of rotatable bonds is 3. The highest BCUT2D eigenvalue weighted by molar-refractivity contribution is 5.67. The quantitative estimate of drug-likeness (QED) is 0.253. The predicted octanol–water partition coefficient (Wildman–Crippen LogP) is -0.863. The molecular formula is C7H16N2O2. The fourth-order valence-electron chi connectivity index (χ4n) is 1.07. The molecule has 0 heterocycles. The first-order valence-electron chi connectivity index (χ1n) is 3.58. The summed E-state index contributed by atoms with van der Waals surface area (Å²) in [6, 6.07) is 0. The van der Waals surface area contributed by atoms with E-state index in [1.165, 1.54) is 6.92 Å². The molecule has 66 valence electrons. The maximum absolute atomic E-state index is 10.6. The van der Waals surface area contributed by atoms with Crippen LogP contribution >= 0.6 is 0 Å². The molecule has 0 aliphatic heterocycles. The third-order valence-electron chi connectivity index (χ3n) is 1.12. The summed E-state index contributed by atoms with van der Waals surface area (Å²) >= 11 is 0. The molecule has 0 bridgehead atoms. The number of hydrogen-bond acceptors (Lipinski definition) is 3. The lowest BCUT2D eigenvalue weighted by Crippen LogP contribution is -2.41. The van der Waals surface area contributed by atoms with Gasteiger partial charge >= 0.3 is 0 Å². The Balaban J connectivity index is 4.11. The summed E-state index contributed by atoms with van der Waals surface area (Å²) in [6.07, 6.45) is -0.437. The van der Waals surface area contributed by atoms with Crippen molar-refractivity contribution in [2.75, 3.05) is 20.6 Å². The van der Waals surface area contributed by atoms with Crippen LogP contribution in [0, 0.1) is 0 Å². The second-order valence-corrected chi connectivity index (χ2v) is 3.27. The summed E-state index contributed by atoms with van der Waals surface area (Å²) in [4.78, 5) is 0. The Morgan fingerprint density at radius 1 is 1.64 bits per heavy atom. The normalized spacial score (nSPS) is 16.6. The molecule has 4 nitrogen and oxygen atoms in total. The molecule has 0 aromatic rings. The highest BCUT2D eigenvalue weighted by Gasteiger charge is 2.15. The minimum atomic E-state index is -0.437. The second-order valence-electron chi connectivity index (χ2n) is 3.27. The lowest BCUT2D eigenvalue weighted by molar-refractivity contribution is -0.901. The van der Waals surface area contributed by atoms with Gasteiger partial charge in [0.05, 0.1) is 14.1 Å². The van der Waals surface area contributed by atoms with Crippen molar-refractivity contribution in [3.8, 4) is 0 Å². The van der Waals surface area contributed by atoms with Crippen LogP contribution in [0.4, 0.5) is 0 Å². The first-order chi connectivity index (χ1) is 4.83. The number of aliphatic hydroxyl groups is 1. The largest absolute Gasteiger partial charge is 0.858 e. The number of aliphatic hydroxyl groups excluding tert-OH is 1. The van der Waals surface area contributed by atoms with Gasteiger partial charge < -0.3 is 10.2 Å². The molecule has 0 spiro atoms. The molecule has 11 heavy (non-hydrogen) atoms. The molecule has 1 unspecified atom stereocenters. The van der Waals surface area contributed by atoms with Crippen molar-refractivity contribution in [2.45, 2.75) is 20.0 Å². The van der Waals surface area contributed by atoms with Crippen molar-refractivity contribution in [1.82, 2.24) is 0 Å². The van der Waals surface area contributed by atoms with Crippen molar-refractivity contribution in [3.05, 3.63) is 0 Å². The van der Waals surface area contributed by atoms with Gasteiger partial charge in [-0.3, -0.25) is 0 Å². The van der Waals surface area contributed by atoms with Gasteiger partial charge in [-0.05, 0) is 13.8 Å². The third-order valence-corrected chi connectivity index (χ3v) is 1.12. The van der Waals surface area contributed by atoms with E-state index in [1.54, 1.807) is 21.0 Å². The van der Waals surface area contributed by atoms with Gasteiger partial charge in [-0.2, -0.15) is 0 Å². The SMILES string of the molecule is CC([O-])=N[N+](C)(C)CC(C)O. The molecule has 0 saturated heterocycles. The number of quaternary nitrogens is 1. The van der Waals surface area contributed by atoms with Gasteiger partial charge in [0.2, 0.25) is 0 Å². The molecule has 0 rings (SSSR count). The van der Waals surface area contributed by atoms with Gasteiger partial charge in [-0.25, -0.2) is 4.59 Å². The zero-order valence-electron chi connectivity index (χ0n) is 7.53. The molecule has 0 fully saturated rings. The van der Waals surface area contributed by atoms with Gasteiger partial charge in [0.15, 0.2) is 0 Å². The lowest BCUT2D eigenvalue weighted by Gasteiger charge is -2.25. The standard InChI is InChI=1S/C7H16N2O2/c1-6(10)5-9(3,4)8-7(2)11/h6,10H,5H2,1-4H3. The Hall–Kier alpha value is -0.610. The van der Waals surface area contributed by atoms with Crippen LogP contribution in [0.2, 0.25) is 0 Å². The summed E-state index contributed by atoms with van der Waals surface area (Å²) in [5.41, 5.74) is 0. The molecule has 0 radical (unpaired) electrons. The van der Waals surface area contributed by atoms with E-state index in [2.05, 4.69) is 5.10 Å². The minimum absolute atomic E-state index is 0.188. The van der Waals surface area contributed by atoms with Crippen molar-refractivity contribution in [3.63, 3.8) is 0 Å². The highest BCUT2D eigenvalue weighted by Crippen LogP contribution is 2.00. The van der Waals surface area contributed by atoms with E-state index < -0.39 is 6.10 Å². The van der Waals surface area contributed by atoms with Gasteiger partial charge in [-0.15, -0.1) is 5.10 Å². The van der Waals surface area contributed by atoms with Gasteiger partial charge in [0.25, 0.3) is 0 Å². The van der Waals surface area contributed by atoms with Gasteiger partial charge in [0.1, 0.15) is 12.6 Å². The Bertz CT molecular complexity index is 149. The maximum atomic E-state index is 10.6. The molecular weight excluding hydrogens is 144 g/mol. The average Bonchev–Trinajstić information content (AvgIpc) is 1.53. The molecule has 1 N–H and O–H groups in total. The fourth-order valence-corrected chi connectivity index (χ4v) is 1.07. The monoisotopic (exact) mass is 160 g/mol. The van der Waals surface area contributed by atoms with Gasteiger partial charge in [-0.1, -0.05) is 0 Å². The van der Waals surface area contributed by atoms with E-state index in [9.17, 15) is 5.11 Å². The van der Waals surface area contributed by atoms with Crippen LogP contribution in [0.15, 0.2) is 5.10 Å². The zero-order valence-corrected chi connectivity index (χ0v) is 7.53. The molecule has 1 atom stereocenters. The van der Waals surface area contributed by atoms with E-state index in [4.69, 9.17) is 5.11 Å². The molecule has 0 amide bonds. The summed E-state index contributed by atoms with van der Waals surface area (Å²) in [5, 5.41) is 23.4. The number of likely N-dealkylation sites (N-methyl/N-ethyl adjacent to an activating group) is 1. The second kappa shape index (κ2) is 3.69. The zero-order chi connectivity index (χ0) is 9.07. The summed E-state index contributed by atoms with van der Waals surface area (Å²) < 4.78 is 0.188. The lowest BCUT2D eigenvalue weighted by atomic mass is 10.4. The Morgan fingerprint density at radius 2 is 2.09 bits per heavy atom. The topological polar surface area (TPSA) is 55.7 Å². The fraction of sp³-hybridized carbons (Fsp3) is 0.857. The van der Waals surface area contributed by atoms with Crippen LogP contribution in [-0.4, -0.2) is 42.3 Å². The van der Waals surface area contributed by atoms with E-state index in [1.807, 2.05) is 0 Å². The average molecular weight is 160 g/mol. The van der Waals surface area contributed by atoms with Crippen molar-refractivity contribution < 1.29 is 14.8 Å². The number of nitrogens with zero attached hydrogens (tertiary/aromatic N) is 2. The van der Waals surface area contributed by atoms with Crippen LogP contribution in [0.1, 0.15) is 13.8 Å². The Morgan fingerprint density at radius 3 is 2.36 bits per heavy atom. The highest BCUT2D eigenvalue weighted by atomic mass is 16.3. The minimum Gasteiger partial charge on any atom is -0.858 e. The van der Waals surface area contributed by atoms with Gasteiger partial charge in [0, 0.05) is 5.90 Å². The van der Waals surface area contributed by atoms with Crippen molar-refractivity contribution in [2.24, 2.45) is 5.10 Å². The van der Waals surface area contributed by atoms with E-state index in [0.29, 0.717) is 6.54 Å². The van der Waals surface area contributed by atoms with Crippen molar-refractivity contribution in [1.29, 1.82) is 0 Å². The molecule has 0 aliphatic rings. The van der Waals surface area contributed by atoms with Crippen molar-refractivity contribution >= 4 is 5.90 Å². The first-order valence-corrected chi connectivity index (χ1v) is 3.58. The van der Waals surface area contributed by atoms with Crippen LogP contribution < -0.4 is 5.11 Å². The first kappa shape index (κ1) is 10.4. The molecule has 0 aromatic heterocycles. The summed E-state index contributed by atoms with van der Waals surface area (Å²) in [7, 11) is 3.54. The summed E-state index contributed by atoms with van der Waals surface area (Å²) in [5.74, 6) is -0.212. The van der Waals surface area contributed by atoms with Crippen LogP contribution in [0.5, 0.6) is 0 Å². The number of hydrogen-bond donors (Lipinski definition) is 1. The van der Waals surface area contributed by atoms with Crippen LogP contribution in [0.25, 0.3) is 0 Å². The molecule has 0 saturated carbocycles.